The van der Waals surface area contributed by atoms with Crippen molar-refractivity contribution in [1.29, 1.82) is 5.26 Å². The second kappa shape index (κ2) is 7.90. The number of aromatic nitrogens is 4. The van der Waals surface area contributed by atoms with E-state index in [1.807, 2.05) is 36.4 Å². The summed E-state index contributed by atoms with van der Waals surface area (Å²) in [4.78, 5) is 20.9. The second-order valence-electron chi connectivity index (χ2n) is 5.83. The largest absolute Gasteiger partial charge is 0.325 e. The van der Waals surface area contributed by atoms with Crippen molar-refractivity contribution in [2.24, 2.45) is 0 Å². The number of benzene rings is 2. The zero-order valence-electron chi connectivity index (χ0n) is 14.6. The Hall–Kier alpha value is -3.70. The average Bonchev–Trinajstić information content (AvgIpc) is 3.18. The molecule has 1 amide bonds. The minimum absolute atomic E-state index is 0.156. The Morgan fingerprint density at radius 1 is 1.11 bits per heavy atom. The van der Waals surface area contributed by atoms with Crippen LogP contribution in [0.25, 0.3) is 16.7 Å². The number of rotatable bonds is 5. The second-order valence-corrected chi connectivity index (χ2v) is 6.80. The number of thioether (sulfide) groups is 1. The number of carbonyl (C=O) groups excluding carboxylic acids is 1. The van der Waals surface area contributed by atoms with Crippen LogP contribution in [-0.4, -0.2) is 31.4 Å². The Labute approximate surface area is 165 Å². The van der Waals surface area contributed by atoms with Gasteiger partial charge in [0.2, 0.25) is 5.91 Å². The van der Waals surface area contributed by atoms with Crippen molar-refractivity contribution >= 4 is 34.4 Å². The number of nitrogens with zero attached hydrogens (tertiary/aromatic N) is 5. The molecule has 1 N–H and O–H groups in total. The summed E-state index contributed by atoms with van der Waals surface area (Å²) in [5, 5.41) is 17.5. The highest BCUT2D eigenvalue weighted by Gasteiger charge is 2.13. The normalized spacial score (nSPS) is 10.5. The van der Waals surface area contributed by atoms with Gasteiger partial charge in [-0.2, -0.15) is 10.4 Å². The number of carbonyl (C=O) groups is 1. The molecule has 0 aliphatic rings. The molecule has 0 spiro atoms. The zero-order chi connectivity index (χ0) is 19.3. The molecule has 0 aliphatic heterocycles. The monoisotopic (exact) mass is 386 g/mol. The standard InChI is InChI=1S/C20H14N6OS/c21-10-14-6-8-15(9-7-14)25-18(27)12-28-20-17-11-24-26(19(17)22-13-23-20)16-4-2-1-3-5-16/h1-9,11,13H,12H2,(H,25,27). The molecular formula is C20H14N6OS. The Morgan fingerprint density at radius 3 is 2.64 bits per heavy atom. The first-order valence-electron chi connectivity index (χ1n) is 8.41. The molecule has 4 rings (SSSR count). The van der Waals surface area contributed by atoms with Crippen LogP contribution in [0.3, 0.4) is 0 Å². The summed E-state index contributed by atoms with van der Waals surface area (Å²) in [6.07, 6.45) is 3.19. The van der Waals surface area contributed by atoms with Crippen molar-refractivity contribution in [3.8, 4) is 11.8 Å². The molecule has 0 radical (unpaired) electrons. The van der Waals surface area contributed by atoms with E-state index < -0.39 is 0 Å². The number of nitriles is 1. The van der Waals surface area contributed by atoms with Gasteiger partial charge in [0.1, 0.15) is 11.4 Å². The molecule has 0 saturated heterocycles. The Kier molecular flexibility index (Phi) is 4.99. The van der Waals surface area contributed by atoms with Crippen molar-refractivity contribution in [2.45, 2.75) is 5.03 Å². The number of amides is 1. The van der Waals surface area contributed by atoms with E-state index in [-0.39, 0.29) is 11.7 Å². The van der Waals surface area contributed by atoms with Crippen LogP contribution in [0.15, 0.2) is 72.1 Å². The van der Waals surface area contributed by atoms with E-state index in [0.717, 1.165) is 11.1 Å². The third-order valence-corrected chi connectivity index (χ3v) is 4.97. The van der Waals surface area contributed by atoms with Gasteiger partial charge in [-0.3, -0.25) is 4.79 Å². The molecule has 28 heavy (non-hydrogen) atoms. The van der Waals surface area contributed by atoms with E-state index in [1.165, 1.54) is 18.1 Å². The number of hydrogen-bond acceptors (Lipinski definition) is 6. The minimum atomic E-state index is -0.156. The van der Waals surface area contributed by atoms with Crippen LogP contribution in [-0.2, 0) is 4.79 Å². The lowest BCUT2D eigenvalue weighted by atomic mass is 10.2. The highest BCUT2D eigenvalue weighted by atomic mass is 32.2. The molecule has 0 aliphatic carbocycles. The minimum Gasteiger partial charge on any atom is -0.325 e. The van der Waals surface area contributed by atoms with Gasteiger partial charge in [-0.15, -0.1) is 0 Å². The van der Waals surface area contributed by atoms with E-state index in [4.69, 9.17) is 5.26 Å². The van der Waals surface area contributed by atoms with E-state index in [1.54, 1.807) is 35.1 Å². The summed E-state index contributed by atoms with van der Waals surface area (Å²) < 4.78 is 1.75. The number of nitrogens with one attached hydrogen (secondary N) is 1. The van der Waals surface area contributed by atoms with E-state index in [2.05, 4.69) is 20.4 Å². The molecule has 0 atom stereocenters. The predicted octanol–water partition coefficient (Wildman–Crippen LogP) is 3.42. The maximum atomic E-state index is 12.2. The Balaban J connectivity index is 1.48. The van der Waals surface area contributed by atoms with Crippen LogP contribution < -0.4 is 5.32 Å². The molecule has 0 unspecified atom stereocenters. The lowest BCUT2D eigenvalue weighted by molar-refractivity contribution is -0.113. The lowest BCUT2D eigenvalue weighted by Crippen LogP contribution is -2.14. The van der Waals surface area contributed by atoms with Crippen molar-refractivity contribution in [3.63, 3.8) is 0 Å². The first kappa shape index (κ1) is 17.7. The third-order valence-electron chi connectivity index (χ3n) is 3.97. The van der Waals surface area contributed by atoms with Crippen LogP contribution in [0.4, 0.5) is 5.69 Å². The smallest absolute Gasteiger partial charge is 0.234 e. The summed E-state index contributed by atoms with van der Waals surface area (Å²) in [5.41, 5.74) is 2.79. The molecule has 7 nitrogen and oxygen atoms in total. The number of fused-ring (bicyclic) bond motifs is 1. The fourth-order valence-electron chi connectivity index (χ4n) is 2.65. The maximum Gasteiger partial charge on any atom is 0.234 e. The quantitative estimate of drug-likeness (QED) is 0.417. The summed E-state index contributed by atoms with van der Waals surface area (Å²) in [5.74, 6) is 0.0414. The molecule has 2 heterocycles. The summed E-state index contributed by atoms with van der Waals surface area (Å²) >= 11 is 1.32. The van der Waals surface area contributed by atoms with Gasteiger partial charge in [0.05, 0.1) is 34.7 Å². The molecular weight excluding hydrogens is 372 g/mol. The summed E-state index contributed by atoms with van der Waals surface area (Å²) in [6.45, 7) is 0. The first-order valence-corrected chi connectivity index (χ1v) is 9.40. The fraction of sp³-hybridized carbons (Fsp3) is 0.0500. The molecule has 0 saturated carbocycles. The van der Waals surface area contributed by atoms with Crippen molar-refractivity contribution in [1.82, 2.24) is 19.7 Å². The van der Waals surface area contributed by atoms with Crippen molar-refractivity contribution in [3.05, 3.63) is 72.7 Å². The highest BCUT2D eigenvalue weighted by molar-refractivity contribution is 8.00. The van der Waals surface area contributed by atoms with Crippen LogP contribution in [0, 0.1) is 11.3 Å². The van der Waals surface area contributed by atoms with Gasteiger partial charge in [-0.1, -0.05) is 30.0 Å². The lowest BCUT2D eigenvalue weighted by Gasteiger charge is -2.06. The molecule has 4 aromatic rings. The van der Waals surface area contributed by atoms with Crippen molar-refractivity contribution < 1.29 is 4.79 Å². The summed E-state index contributed by atoms with van der Waals surface area (Å²) in [6, 6.07) is 18.5. The fourth-order valence-corrected chi connectivity index (χ4v) is 3.42. The van der Waals surface area contributed by atoms with Crippen LogP contribution in [0.5, 0.6) is 0 Å². The molecule has 2 aromatic carbocycles. The van der Waals surface area contributed by atoms with Gasteiger partial charge in [0, 0.05) is 5.69 Å². The Morgan fingerprint density at radius 2 is 1.89 bits per heavy atom. The zero-order valence-corrected chi connectivity index (χ0v) is 15.4. The van der Waals surface area contributed by atoms with Gasteiger partial charge < -0.3 is 5.32 Å². The molecule has 136 valence electrons. The number of anilines is 1. The number of para-hydroxylation sites is 1. The van der Waals surface area contributed by atoms with E-state index in [9.17, 15) is 4.79 Å². The Bertz CT molecular complexity index is 1170. The van der Waals surface area contributed by atoms with Gasteiger partial charge in [-0.05, 0) is 36.4 Å². The topological polar surface area (TPSA) is 96.5 Å². The summed E-state index contributed by atoms with van der Waals surface area (Å²) in [7, 11) is 0. The highest BCUT2D eigenvalue weighted by Crippen LogP contribution is 2.25. The molecule has 0 bridgehead atoms. The molecule has 8 heteroatoms. The SMILES string of the molecule is N#Cc1ccc(NC(=O)CSc2ncnc3c2cnn3-c2ccccc2)cc1. The first-order chi connectivity index (χ1) is 13.7. The van der Waals surface area contributed by atoms with Crippen LogP contribution in [0.1, 0.15) is 5.56 Å². The van der Waals surface area contributed by atoms with Crippen molar-refractivity contribution in [2.75, 3.05) is 11.1 Å². The average molecular weight is 386 g/mol. The van der Waals surface area contributed by atoms with Crippen LogP contribution >= 0.6 is 11.8 Å². The predicted molar refractivity (Wildman–Crippen MR) is 107 cm³/mol. The van der Waals surface area contributed by atoms with Gasteiger partial charge in [-0.25, -0.2) is 14.6 Å². The van der Waals surface area contributed by atoms with Gasteiger partial charge in [0.25, 0.3) is 0 Å². The molecule has 0 fully saturated rings. The van der Waals surface area contributed by atoms with Crippen LogP contribution in [0.2, 0.25) is 0 Å². The third kappa shape index (κ3) is 3.70. The van der Waals surface area contributed by atoms with Gasteiger partial charge in [0.15, 0.2) is 5.65 Å². The van der Waals surface area contributed by atoms with E-state index >= 15 is 0 Å². The molecule has 2 aromatic heterocycles. The van der Waals surface area contributed by atoms with E-state index in [0.29, 0.717) is 21.9 Å². The van der Waals surface area contributed by atoms with Gasteiger partial charge >= 0.3 is 0 Å². The maximum absolute atomic E-state index is 12.2. The number of hydrogen-bond donors (Lipinski definition) is 1.